The monoisotopic (exact) mass is 252 g/mol. The lowest BCUT2D eigenvalue weighted by atomic mass is 9.97. The van der Waals surface area contributed by atoms with Crippen molar-refractivity contribution in [1.82, 2.24) is 9.88 Å². The van der Waals surface area contributed by atoms with E-state index >= 15 is 0 Å². The zero-order valence-corrected chi connectivity index (χ0v) is 10.9. The van der Waals surface area contributed by atoms with E-state index in [0.717, 1.165) is 12.8 Å². The van der Waals surface area contributed by atoms with Gasteiger partial charge in [0.1, 0.15) is 5.69 Å². The Hall–Kier alpha value is -1.09. The first kappa shape index (κ1) is 12.4. The van der Waals surface area contributed by atoms with Crippen LogP contribution in [0.1, 0.15) is 43.6 Å². The molecule has 0 unspecified atom stereocenters. The zero-order chi connectivity index (χ0) is 12.4. The van der Waals surface area contributed by atoms with Crippen LogP contribution in [0.5, 0.6) is 0 Å². The van der Waals surface area contributed by atoms with E-state index in [1.807, 2.05) is 4.90 Å². The Kier molecular flexibility index (Phi) is 3.67. The van der Waals surface area contributed by atoms with Gasteiger partial charge in [-0.05, 0) is 45.2 Å². The molecule has 1 aliphatic heterocycles. The summed E-state index contributed by atoms with van der Waals surface area (Å²) in [5, 5.41) is 0.556. The first-order chi connectivity index (χ1) is 8.09. The van der Waals surface area contributed by atoms with E-state index in [2.05, 4.69) is 18.8 Å². The number of hydrogen-bond donors (Lipinski definition) is 0. The summed E-state index contributed by atoms with van der Waals surface area (Å²) in [6.07, 6.45) is 4.90. The van der Waals surface area contributed by atoms with Crippen LogP contribution >= 0.6 is 11.6 Å². The largest absolute Gasteiger partial charge is 0.332 e. The van der Waals surface area contributed by atoms with Gasteiger partial charge in [-0.15, -0.1) is 0 Å². The molecule has 0 bridgehead atoms. The Morgan fingerprint density at radius 2 is 2.06 bits per heavy atom. The topological polar surface area (TPSA) is 33.2 Å². The molecule has 0 aliphatic carbocycles. The third-order valence-electron chi connectivity index (χ3n) is 3.37. The summed E-state index contributed by atoms with van der Waals surface area (Å²) in [5.41, 5.74) is 0.443. The van der Waals surface area contributed by atoms with Crippen LogP contribution in [0.25, 0.3) is 0 Å². The minimum atomic E-state index is -0.00722. The lowest BCUT2D eigenvalue weighted by Gasteiger charge is -2.38. The van der Waals surface area contributed by atoms with E-state index in [1.54, 1.807) is 18.3 Å². The molecule has 0 spiro atoms. The molecule has 3 nitrogen and oxygen atoms in total. The molecule has 2 rings (SSSR count). The molecule has 1 amide bonds. The number of rotatable bonds is 1. The van der Waals surface area contributed by atoms with Gasteiger partial charge in [0.25, 0.3) is 5.91 Å². The van der Waals surface area contributed by atoms with Crippen molar-refractivity contribution in [1.29, 1.82) is 0 Å². The molecule has 0 saturated carbocycles. The Morgan fingerprint density at radius 1 is 1.41 bits per heavy atom. The number of pyridine rings is 1. The predicted octanol–water partition coefficient (Wildman–Crippen LogP) is 3.14. The van der Waals surface area contributed by atoms with Gasteiger partial charge in [-0.3, -0.25) is 9.78 Å². The highest BCUT2D eigenvalue weighted by molar-refractivity contribution is 6.30. The minimum absolute atomic E-state index is 0.00722. The second-order valence-corrected chi connectivity index (χ2v) is 5.14. The molecule has 1 aromatic heterocycles. The van der Waals surface area contributed by atoms with Gasteiger partial charge in [0.15, 0.2) is 0 Å². The van der Waals surface area contributed by atoms with Crippen molar-refractivity contribution in [3.8, 4) is 0 Å². The van der Waals surface area contributed by atoms with Gasteiger partial charge in [0, 0.05) is 23.3 Å². The van der Waals surface area contributed by atoms with Gasteiger partial charge < -0.3 is 4.90 Å². The maximum absolute atomic E-state index is 12.4. The number of halogens is 1. The van der Waals surface area contributed by atoms with Crippen LogP contribution in [0.3, 0.4) is 0 Å². The summed E-state index contributed by atoms with van der Waals surface area (Å²) < 4.78 is 0. The quantitative estimate of drug-likeness (QED) is 0.769. The number of piperidine rings is 1. The first-order valence-electron chi connectivity index (χ1n) is 6.04. The van der Waals surface area contributed by atoms with Gasteiger partial charge in [0.05, 0.1) is 0 Å². The molecule has 0 radical (unpaired) electrons. The zero-order valence-electron chi connectivity index (χ0n) is 10.2. The van der Waals surface area contributed by atoms with Crippen LogP contribution < -0.4 is 0 Å². The van der Waals surface area contributed by atoms with E-state index in [9.17, 15) is 4.79 Å². The van der Waals surface area contributed by atoms with Crippen LogP contribution in [0.4, 0.5) is 0 Å². The summed E-state index contributed by atoms with van der Waals surface area (Å²) in [6.45, 7) is 4.19. The lowest BCUT2D eigenvalue weighted by molar-refractivity contribution is 0.0504. The number of carbonyl (C=O) groups excluding carboxylic acids is 1. The number of amides is 1. The molecule has 17 heavy (non-hydrogen) atoms. The molecule has 1 aromatic rings. The average Bonchev–Trinajstić information content (AvgIpc) is 2.28. The van der Waals surface area contributed by atoms with Crippen LogP contribution in [0.15, 0.2) is 18.3 Å². The summed E-state index contributed by atoms with van der Waals surface area (Å²) in [7, 11) is 0. The molecule has 2 heterocycles. The van der Waals surface area contributed by atoms with E-state index in [0.29, 0.717) is 10.7 Å². The van der Waals surface area contributed by atoms with Crippen molar-refractivity contribution in [3.63, 3.8) is 0 Å². The molecule has 1 fully saturated rings. The molecule has 4 heteroatoms. The predicted molar refractivity (Wildman–Crippen MR) is 68.2 cm³/mol. The van der Waals surface area contributed by atoms with E-state index in [4.69, 9.17) is 11.6 Å². The molecule has 1 aliphatic rings. The van der Waals surface area contributed by atoms with Gasteiger partial charge in [0.2, 0.25) is 0 Å². The molecular formula is C13H17ClN2O. The molecule has 1 saturated heterocycles. The van der Waals surface area contributed by atoms with Crippen LogP contribution in [-0.2, 0) is 0 Å². The van der Waals surface area contributed by atoms with E-state index < -0.39 is 0 Å². The molecule has 0 N–H and O–H groups in total. The fourth-order valence-electron chi connectivity index (χ4n) is 2.48. The maximum Gasteiger partial charge on any atom is 0.272 e. The van der Waals surface area contributed by atoms with Crippen LogP contribution in [0, 0.1) is 0 Å². The second kappa shape index (κ2) is 5.05. The van der Waals surface area contributed by atoms with Crippen LogP contribution in [-0.4, -0.2) is 27.9 Å². The van der Waals surface area contributed by atoms with Gasteiger partial charge in [-0.25, -0.2) is 0 Å². The maximum atomic E-state index is 12.4. The number of likely N-dealkylation sites (tertiary alicyclic amines) is 1. The standard InChI is InChI=1S/C13H17ClN2O/c1-9-4-3-5-10(2)16(9)13(17)12-8-11(14)6-7-15-12/h6-10H,3-5H2,1-2H3/t9-,10+. The highest BCUT2D eigenvalue weighted by Crippen LogP contribution is 2.24. The first-order valence-corrected chi connectivity index (χ1v) is 6.41. The molecule has 0 aromatic carbocycles. The van der Waals surface area contributed by atoms with Crippen molar-refractivity contribution < 1.29 is 4.79 Å². The Balaban J connectivity index is 2.24. The summed E-state index contributed by atoms with van der Waals surface area (Å²) in [6, 6.07) is 3.89. The van der Waals surface area contributed by atoms with Crippen molar-refractivity contribution >= 4 is 17.5 Å². The number of carbonyl (C=O) groups is 1. The van der Waals surface area contributed by atoms with E-state index in [1.165, 1.54) is 6.42 Å². The number of aromatic nitrogens is 1. The highest BCUT2D eigenvalue weighted by atomic mass is 35.5. The summed E-state index contributed by atoms with van der Waals surface area (Å²) in [4.78, 5) is 18.4. The van der Waals surface area contributed by atoms with Crippen molar-refractivity contribution in [3.05, 3.63) is 29.0 Å². The highest BCUT2D eigenvalue weighted by Gasteiger charge is 2.30. The van der Waals surface area contributed by atoms with Crippen molar-refractivity contribution in [2.75, 3.05) is 0 Å². The normalized spacial score (nSPS) is 24.8. The second-order valence-electron chi connectivity index (χ2n) is 4.70. The minimum Gasteiger partial charge on any atom is -0.332 e. The third-order valence-corrected chi connectivity index (χ3v) is 3.60. The Bertz CT molecular complexity index is 412. The molecule has 92 valence electrons. The Morgan fingerprint density at radius 3 is 2.65 bits per heavy atom. The van der Waals surface area contributed by atoms with Gasteiger partial charge in [-0.2, -0.15) is 0 Å². The molecular weight excluding hydrogens is 236 g/mol. The van der Waals surface area contributed by atoms with Crippen LogP contribution in [0.2, 0.25) is 5.02 Å². The summed E-state index contributed by atoms with van der Waals surface area (Å²) in [5.74, 6) is -0.00722. The third kappa shape index (κ3) is 2.60. The van der Waals surface area contributed by atoms with Crippen molar-refractivity contribution in [2.45, 2.75) is 45.2 Å². The average molecular weight is 253 g/mol. The number of hydrogen-bond acceptors (Lipinski definition) is 2. The number of nitrogens with zero attached hydrogens (tertiary/aromatic N) is 2. The van der Waals surface area contributed by atoms with Gasteiger partial charge in [-0.1, -0.05) is 11.6 Å². The fourth-order valence-corrected chi connectivity index (χ4v) is 2.64. The smallest absolute Gasteiger partial charge is 0.272 e. The lowest BCUT2D eigenvalue weighted by Crippen LogP contribution is -2.47. The SMILES string of the molecule is C[C@@H]1CCC[C@H](C)N1C(=O)c1cc(Cl)ccn1. The Labute approximate surface area is 107 Å². The van der Waals surface area contributed by atoms with E-state index in [-0.39, 0.29) is 18.0 Å². The fraction of sp³-hybridized carbons (Fsp3) is 0.538. The molecule has 2 atom stereocenters. The van der Waals surface area contributed by atoms with Crippen molar-refractivity contribution in [2.24, 2.45) is 0 Å². The van der Waals surface area contributed by atoms with Gasteiger partial charge >= 0.3 is 0 Å². The summed E-state index contributed by atoms with van der Waals surface area (Å²) >= 11 is 5.89.